The summed E-state index contributed by atoms with van der Waals surface area (Å²) in [4.78, 5) is 27.1. The zero-order valence-corrected chi connectivity index (χ0v) is 20.5. The summed E-state index contributed by atoms with van der Waals surface area (Å²) in [6.07, 6.45) is 2.05. The highest BCUT2D eigenvalue weighted by molar-refractivity contribution is 7.87. The molecule has 1 aliphatic heterocycles. The number of ether oxygens (including phenoxy) is 1. The molecular formula is C27H27NO6S. The smallest absolute Gasteiger partial charge is 0.342 e. The Hall–Kier alpha value is -3.65. The Bertz CT molecular complexity index is 1340. The predicted octanol–water partition coefficient (Wildman–Crippen LogP) is 4.66. The van der Waals surface area contributed by atoms with Crippen LogP contribution in [0.15, 0.2) is 71.6 Å². The minimum absolute atomic E-state index is 0.00202. The maximum atomic E-state index is 12.9. The molecule has 4 rings (SSSR count). The number of hydrogen-bond donors (Lipinski definition) is 0. The number of amides is 1. The Morgan fingerprint density at radius 2 is 1.60 bits per heavy atom. The van der Waals surface area contributed by atoms with Gasteiger partial charge in [0.1, 0.15) is 17.1 Å². The van der Waals surface area contributed by atoms with Gasteiger partial charge in [-0.05, 0) is 73.7 Å². The highest BCUT2D eigenvalue weighted by Gasteiger charge is 2.24. The molecule has 35 heavy (non-hydrogen) atoms. The molecule has 1 heterocycles. The molecule has 0 spiro atoms. The van der Waals surface area contributed by atoms with Gasteiger partial charge in [-0.3, -0.25) is 4.79 Å². The first-order chi connectivity index (χ1) is 16.7. The standard InChI is InChI=1S/C27H27NO6S/c1-19-9-10-20(2)25(17-19)35(31,32)34-24-8-4-3-7-23(24)27(30)33-18-21-11-13-22(14-12-21)26(29)28-15-5-6-16-28/h3-4,7-14,17H,5-6,15-16,18H2,1-2H3. The molecule has 0 aliphatic carbocycles. The van der Waals surface area contributed by atoms with Gasteiger partial charge in [-0.15, -0.1) is 0 Å². The maximum Gasteiger partial charge on any atom is 0.342 e. The van der Waals surface area contributed by atoms with E-state index in [0.717, 1.165) is 31.5 Å². The topological polar surface area (TPSA) is 90.0 Å². The predicted molar refractivity (Wildman–Crippen MR) is 131 cm³/mol. The van der Waals surface area contributed by atoms with Crippen molar-refractivity contribution in [3.05, 3.63) is 94.5 Å². The number of esters is 1. The van der Waals surface area contributed by atoms with Crippen molar-refractivity contribution < 1.29 is 26.9 Å². The fourth-order valence-corrected chi connectivity index (χ4v) is 5.18. The van der Waals surface area contributed by atoms with Crippen LogP contribution in [0.4, 0.5) is 0 Å². The van der Waals surface area contributed by atoms with E-state index in [1.807, 2.05) is 11.0 Å². The molecule has 0 atom stereocenters. The fourth-order valence-electron chi connectivity index (χ4n) is 3.92. The van der Waals surface area contributed by atoms with Crippen LogP contribution in [0.3, 0.4) is 0 Å². The van der Waals surface area contributed by atoms with Crippen molar-refractivity contribution in [1.82, 2.24) is 4.90 Å². The highest BCUT2D eigenvalue weighted by atomic mass is 32.2. The first kappa shape index (κ1) is 24.5. The van der Waals surface area contributed by atoms with E-state index in [1.54, 1.807) is 56.3 Å². The average molecular weight is 494 g/mol. The second-order valence-corrected chi connectivity index (χ2v) is 10.1. The molecule has 3 aromatic rings. The third kappa shape index (κ3) is 5.71. The van der Waals surface area contributed by atoms with E-state index in [2.05, 4.69) is 0 Å². The molecule has 1 aliphatic rings. The van der Waals surface area contributed by atoms with Gasteiger partial charge in [0, 0.05) is 18.7 Å². The zero-order valence-electron chi connectivity index (χ0n) is 19.7. The number of nitrogens with zero attached hydrogens (tertiary/aromatic N) is 1. The molecule has 3 aromatic carbocycles. The lowest BCUT2D eigenvalue weighted by molar-refractivity contribution is 0.0470. The van der Waals surface area contributed by atoms with Gasteiger partial charge in [-0.1, -0.05) is 36.4 Å². The normalized spacial score (nSPS) is 13.5. The van der Waals surface area contributed by atoms with Crippen LogP contribution in [0.2, 0.25) is 0 Å². The van der Waals surface area contributed by atoms with Crippen molar-refractivity contribution >= 4 is 22.0 Å². The molecule has 0 saturated carbocycles. The van der Waals surface area contributed by atoms with Gasteiger partial charge in [0.05, 0.1) is 0 Å². The molecule has 1 saturated heterocycles. The molecule has 0 bridgehead atoms. The van der Waals surface area contributed by atoms with Crippen LogP contribution >= 0.6 is 0 Å². The molecule has 1 amide bonds. The van der Waals surface area contributed by atoms with Crippen LogP contribution < -0.4 is 4.18 Å². The second-order valence-electron chi connectivity index (χ2n) is 8.57. The van der Waals surface area contributed by atoms with Crippen molar-refractivity contribution in [3.8, 4) is 5.75 Å². The number of likely N-dealkylation sites (tertiary alicyclic amines) is 1. The van der Waals surface area contributed by atoms with Crippen molar-refractivity contribution in [2.75, 3.05) is 13.1 Å². The monoisotopic (exact) mass is 493 g/mol. The largest absolute Gasteiger partial charge is 0.457 e. The first-order valence-electron chi connectivity index (χ1n) is 11.4. The lowest BCUT2D eigenvalue weighted by atomic mass is 10.1. The number of rotatable bonds is 7. The highest BCUT2D eigenvalue weighted by Crippen LogP contribution is 2.26. The van der Waals surface area contributed by atoms with E-state index < -0.39 is 16.1 Å². The molecular weight excluding hydrogens is 466 g/mol. The summed E-state index contributed by atoms with van der Waals surface area (Å²) in [6.45, 7) is 4.99. The van der Waals surface area contributed by atoms with Crippen LogP contribution in [0.1, 0.15) is 50.2 Å². The quantitative estimate of drug-likeness (QED) is 0.351. The second kappa shape index (κ2) is 10.3. The fraction of sp³-hybridized carbons (Fsp3) is 0.259. The van der Waals surface area contributed by atoms with E-state index in [1.165, 1.54) is 18.2 Å². The summed E-state index contributed by atoms with van der Waals surface area (Å²) in [5, 5.41) is 0. The Morgan fingerprint density at radius 3 is 2.31 bits per heavy atom. The molecule has 8 heteroatoms. The van der Waals surface area contributed by atoms with Crippen molar-refractivity contribution in [1.29, 1.82) is 0 Å². The number of aryl methyl sites for hydroxylation is 2. The Kier molecular flexibility index (Phi) is 7.21. The SMILES string of the molecule is Cc1ccc(C)c(S(=O)(=O)Oc2ccccc2C(=O)OCc2ccc(C(=O)N3CCCC3)cc2)c1. The molecule has 0 radical (unpaired) electrons. The summed E-state index contributed by atoms with van der Waals surface area (Å²) < 4.78 is 36.6. The van der Waals surface area contributed by atoms with Gasteiger partial charge in [-0.2, -0.15) is 8.42 Å². The minimum Gasteiger partial charge on any atom is -0.457 e. The van der Waals surface area contributed by atoms with Crippen molar-refractivity contribution in [3.63, 3.8) is 0 Å². The van der Waals surface area contributed by atoms with Crippen LogP contribution in [-0.4, -0.2) is 38.3 Å². The Labute approximate surface area is 205 Å². The summed E-state index contributed by atoms with van der Waals surface area (Å²) >= 11 is 0. The van der Waals surface area contributed by atoms with Gasteiger partial charge in [0.25, 0.3) is 5.91 Å². The number of benzene rings is 3. The molecule has 0 unspecified atom stereocenters. The first-order valence-corrected chi connectivity index (χ1v) is 12.8. The summed E-state index contributed by atoms with van der Waals surface area (Å²) in [7, 11) is -4.15. The van der Waals surface area contributed by atoms with Gasteiger partial charge < -0.3 is 13.8 Å². The summed E-state index contributed by atoms with van der Waals surface area (Å²) in [5.41, 5.74) is 2.62. The third-order valence-electron chi connectivity index (χ3n) is 5.88. The summed E-state index contributed by atoms with van der Waals surface area (Å²) in [5.74, 6) is -0.818. The average Bonchev–Trinajstić information content (AvgIpc) is 3.39. The Balaban J connectivity index is 1.44. The number of para-hydroxylation sites is 1. The van der Waals surface area contributed by atoms with Gasteiger partial charge in [0.2, 0.25) is 0 Å². The van der Waals surface area contributed by atoms with Crippen LogP contribution in [0.25, 0.3) is 0 Å². The molecule has 7 nitrogen and oxygen atoms in total. The van der Waals surface area contributed by atoms with Crippen LogP contribution in [-0.2, 0) is 21.5 Å². The van der Waals surface area contributed by atoms with E-state index in [-0.39, 0.29) is 28.7 Å². The van der Waals surface area contributed by atoms with Crippen LogP contribution in [0, 0.1) is 13.8 Å². The summed E-state index contributed by atoms with van der Waals surface area (Å²) in [6, 6.07) is 18.0. The zero-order chi connectivity index (χ0) is 25.0. The van der Waals surface area contributed by atoms with E-state index >= 15 is 0 Å². The van der Waals surface area contributed by atoms with Gasteiger partial charge >= 0.3 is 16.1 Å². The van der Waals surface area contributed by atoms with E-state index in [4.69, 9.17) is 8.92 Å². The lowest BCUT2D eigenvalue weighted by Gasteiger charge is -2.15. The third-order valence-corrected chi connectivity index (χ3v) is 7.26. The van der Waals surface area contributed by atoms with Crippen molar-refractivity contribution in [2.24, 2.45) is 0 Å². The van der Waals surface area contributed by atoms with E-state index in [0.29, 0.717) is 16.7 Å². The Morgan fingerprint density at radius 1 is 0.914 bits per heavy atom. The van der Waals surface area contributed by atoms with Gasteiger partial charge in [0.15, 0.2) is 5.75 Å². The number of carbonyl (C=O) groups excluding carboxylic acids is 2. The maximum absolute atomic E-state index is 12.9. The van der Waals surface area contributed by atoms with Crippen molar-refractivity contribution in [2.45, 2.75) is 38.2 Å². The van der Waals surface area contributed by atoms with Crippen LogP contribution in [0.5, 0.6) is 5.75 Å². The molecule has 1 fully saturated rings. The number of carbonyl (C=O) groups is 2. The van der Waals surface area contributed by atoms with E-state index in [9.17, 15) is 18.0 Å². The minimum atomic E-state index is -4.15. The molecule has 0 aromatic heterocycles. The number of hydrogen-bond acceptors (Lipinski definition) is 6. The molecule has 0 N–H and O–H groups in total. The molecule has 182 valence electrons. The van der Waals surface area contributed by atoms with Gasteiger partial charge in [-0.25, -0.2) is 4.79 Å². The lowest BCUT2D eigenvalue weighted by Crippen LogP contribution is -2.27.